The molecule has 0 unspecified atom stereocenters. The molecule has 0 atom stereocenters. The number of benzene rings is 1. The van der Waals surface area contributed by atoms with Crippen LogP contribution in [0.15, 0.2) is 18.2 Å². The van der Waals surface area contributed by atoms with Crippen LogP contribution in [0, 0.1) is 0 Å². The predicted octanol–water partition coefficient (Wildman–Crippen LogP) is 2.50. The van der Waals surface area contributed by atoms with Gasteiger partial charge in [0.05, 0.1) is 17.7 Å². The van der Waals surface area contributed by atoms with Crippen molar-refractivity contribution < 1.29 is 14.6 Å². The van der Waals surface area contributed by atoms with E-state index in [0.717, 1.165) is 11.3 Å². The van der Waals surface area contributed by atoms with Crippen molar-refractivity contribution in [3.05, 3.63) is 29.6 Å². The molecular formula is C14H18N2O3. The zero-order chi connectivity index (χ0) is 14.0. The molecule has 5 heteroatoms. The molecule has 0 spiro atoms. The predicted molar refractivity (Wildman–Crippen MR) is 72.7 cm³/mol. The van der Waals surface area contributed by atoms with Gasteiger partial charge in [0.15, 0.2) is 0 Å². The van der Waals surface area contributed by atoms with Gasteiger partial charge in [-0.05, 0) is 12.1 Å². The zero-order valence-corrected chi connectivity index (χ0v) is 11.4. The van der Waals surface area contributed by atoms with E-state index >= 15 is 0 Å². The quantitative estimate of drug-likeness (QED) is 0.899. The summed E-state index contributed by atoms with van der Waals surface area (Å²) in [5.41, 5.74) is 1.64. The number of hydrogen-bond donors (Lipinski definition) is 1. The molecule has 0 fully saturated rings. The van der Waals surface area contributed by atoms with Crippen molar-refractivity contribution in [1.29, 1.82) is 0 Å². The number of methoxy groups -OCH3 is 1. The molecule has 1 N–H and O–H groups in total. The molecule has 0 saturated carbocycles. The fourth-order valence-corrected chi connectivity index (χ4v) is 2.20. The molecule has 19 heavy (non-hydrogen) atoms. The van der Waals surface area contributed by atoms with E-state index < -0.39 is 5.97 Å². The van der Waals surface area contributed by atoms with Crippen LogP contribution in [-0.4, -0.2) is 34.3 Å². The summed E-state index contributed by atoms with van der Waals surface area (Å²) in [6, 6.07) is 5.24. The molecule has 0 amide bonds. The van der Waals surface area contributed by atoms with E-state index in [1.54, 1.807) is 19.2 Å². The van der Waals surface area contributed by atoms with E-state index in [4.69, 9.17) is 4.74 Å². The SMILES string of the molecule is COCCn1c(C(C)C)nc2c(C(=O)O)cccc21. The Balaban J connectivity index is 2.66. The van der Waals surface area contributed by atoms with Gasteiger partial charge in [0.1, 0.15) is 11.3 Å². The highest BCUT2D eigenvalue weighted by Gasteiger charge is 2.18. The maximum atomic E-state index is 11.2. The first-order chi connectivity index (χ1) is 9.06. The number of hydrogen-bond acceptors (Lipinski definition) is 3. The summed E-state index contributed by atoms with van der Waals surface area (Å²) in [7, 11) is 1.65. The summed E-state index contributed by atoms with van der Waals surface area (Å²) in [6.45, 7) is 5.34. The monoisotopic (exact) mass is 262 g/mol. The second-order valence-electron chi connectivity index (χ2n) is 4.75. The number of carboxylic acid groups (broad SMARTS) is 1. The summed E-state index contributed by atoms with van der Waals surface area (Å²) >= 11 is 0. The molecule has 102 valence electrons. The van der Waals surface area contributed by atoms with Gasteiger partial charge in [0.25, 0.3) is 0 Å². The minimum atomic E-state index is -0.947. The molecule has 1 heterocycles. The number of imidazole rings is 1. The van der Waals surface area contributed by atoms with E-state index in [9.17, 15) is 9.90 Å². The van der Waals surface area contributed by atoms with Crippen LogP contribution in [0.25, 0.3) is 11.0 Å². The lowest BCUT2D eigenvalue weighted by Crippen LogP contribution is -2.09. The van der Waals surface area contributed by atoms with Crippen molar-refractivity contribution in [2.45, 2.75) is 26.3 Å². The lowest BCUT2D eigenvalue weighted by Gasteiger charge is -2.10. The van der Waals surface area contributed by atoms with Gasteiger partial charge in [-0.1, -0.05) is 19.9 Å². The van der Waals surface area contributed by atoms with Gasteiger partial charge in [0.2, 0.25) is 0 Å². The fourth-order valence-electron chi connectivity index (χ4n) is 2.20. The Morgan fingerprint density at radius 2 is 2.21 bits per heavy atom. The van der Waals surface area contributed by atoms with Crippen LogP contribution in [0.4, 0.5) is 0 Å². The van der Waals surface area contributed by atoms with Gasteiger partial charge in [-0.15, -0.1) is 0 Å². The number of nitrogens with zero attached hydrogens (tertiary/aromatic N) is 2. The molecule has 2 rings (SSSR count). The Morgan fingerprint density at radius 1 is 1.47 bits per heavy atom. The van der Waals surface area contributed by atoms with E-state index in [0.29, 0.717) is 18.7 Å². The second-order valence-corrected chi connectivity index (χ2v) is 4.75. The van der Waals surface area contributed by atoms with Crippen LogP contribution in [0.5, 0.6) is 0 Å². The highest BCUT2D eigenvalue weighted by molar-refractivity contribution is 6.01. The molecule has 1 aromatic heterocycles. The van der Waals surface area contributed by atoms with E-state index in [-0.39, 0.29) is 11.5 Å². The summed E-state index contributed by atoms with van der Waals surface area (Å²) in [5, 5.41) is 9.22. The summed E-state index contributed by atoms with van der Waals surface area (Å²) < 4.78 is 7.15. The normalized spacial score (nSPS) is 11.4. The van der Waals surface area contributed by atoms with Crippen molar-refractivity contribution in [2.24, 2.45) is 0 Å². The van der Waals surface area contributed by atoms with Crippen LogP contribution in [-0.2, 0) is 11.3 Å². The Bertz CT molecular complexity index is 602. The fraction of sp³-hybridized carbons (Fsp3) is 0.429. The van der Waals surface area contributed by atoms with Gasteiger partial charge >= 0.3 is 5.97 Å². The Hall–Kier alpha value is -1.88. The van der Waals surface area contributed by atoms with Crippen molar-refractivity contribution in [3.63, 3.8) is 0 Å². The molecule has 1 aromatic carbocycles. The van der Waals surface area contributed by atoms with Crippen molar-refractivity contribution in [3.8, 4) is 0 Å². The number of ether oxygens (including phenoxy) is 1. The standard InChI is InChI=1S/C14H18N2O3/c1-9(2)13-15-12-10(14(17)18)5-4-6-11(12)16(13)7-8-19-3/h4-6,9H,7-8H2,1-3H3,(H,17,18). The number of aromatic carboxylic acids is 1. The number of carbonyl (C=O) groups is 1. The van der Waals surface area contributed by atoms with Crippen molar-refractivity contribution >= 4 is 17.0 Å². The lowest BCUT2D eigenvalue weighted by molar-refractivity contribution is 0.0699. The topological polar surface area (TPSA) is 64.4 Å². The van der Waals surface area contributed by atoms with Gasteiger partial charge in [-0.2, -0.15) is 0 Å². The first-order valence-corrected chi connectivity index (χ1v) is 6.27. The molecule has 0 radical (unpaired) electrons. The number of carboxylic acids is 1. The summed E-state index contributed by atoms with van der Waals surface area (Å²) in [5.74, 6) is 0.170. The Labute approximate surface area is 111 Å². The van der Waals surface area contributed by atoms with Crippen LogP contribution in [0.2, 0.25) is 0 Å². The molecule has 0 aliphatic heterocycles. The third-order valence-corrected chi connectivity index (χ3v) is 3.07. The van der Waals surface area contributed by atoms with E-state index in [1.807, 2.05) is 24.5 Å². The second kappa shape index (κ2) is 5.40. The zero-order valence-electron chi connectivity index (χ0n) is 11.4. The third kappa shape index (κ3) is 2.46. The number of fused-ring (bicyclic) bond motifs is 1. The molecule has 0 saturated heterocycles. The summed E-state index contributed by atoms with van der Waals surface area (Å²) in [4.78, 5) is 15.8. The van der Waals surface area contributed by atoms with Gasteiger partial charge in [0, 0.05) is 19.6 Å². The number of aromatic nitrogens is 2. The summed E-state index contributed by atoms with van der Waals surface area (Å²) in [6.07, 6.45) is 0. The highest BCUT2D eigenvalue weighted by atomic mass is 16.5. The molecule has 0 aliphatic carbocycles. The third-order valence-electron chi connectivity index (χ3n) is 3.07. The van der Waals surface area contributed by atoms with Crippen molar-refractivity contribution in [2.75, 3.05) is 13.7 Å². The van der Waals surface area contributed by atoms with Crippen LogP contribution < -0.4 is 0 Å². The van der Waals surface area contributed by atoms with Gasteiger partial charge < -0.3 is 14.4 Å². The maximum Gasteiger partial charge on any atom is 0.337 e. The van der Waals surface area contributed by atoms with E-state index in [2.05, 4.69) is 4.98 Å². The first-order valence-electron chi connectivity index (χ1n) is 6.27. The molecule has 5 nitrogen and oxygen atoms in total. The largest absolute Gasteiger partial charge is 0.478 e. The Kier molecular flexibility index (Phi) is 3.85. The van der Waals surface area contributed by atoms with Crippen molar-refractivity contribution in [1.82, 2.24) is 9.55 Å². The molecule has 0 aliphatic rings. The first kappa shape index (κ1) is 13.5. The minimum Gasteiger partial charge on any atom is -0.478 e. The Morgan fingerprint density at radius 3 is 2.79 bits per heavy atom. The number of para-hydroxylation sites is 1. The highest BCUT2D eigenvalue weighted by Crippen LogP contribution is 2.24. The molecule has 2 aromatic rings. The van der Waals surface area contributed by atoms with Crippen LogP contribution in [0.1, 0.15) is 35.9 Å². The molecule has 0 bridgehead atoms. The minimum absolute atomic E-state index is 0.228. The maximum absolute atomic E-state index is 11.2. The van der Waals surface area contributed by atoms with Gasteiger partial charge in [-0.25, -0.2) is 9.78 Å². The lowest BCUT2D eigenvalue weighted by atomic mass is 10.2. The molecular weight excluding hydrogens is 244 g/mol. The van der Waals surface area contributed by atoms with Crippen LogP contribution in [0.3, 0.4) is 0 Å². The van der Waals surface area contributed by atoms with Gasteiger partial charge in [-0.3, -0.25) is 0 Å². The van der Waals surface area contributed by atoms with E-state index in [1.165, 1.54) is 0 Å². The average molecular weight is 262 g/mol. The smallest absolute Gasteiger partial charge is 0.337 e. The number of rotatable bonds is 5. The average Bonchev–Trinajstić information content (AvgIpc) is 2.74. The van der Waals surface area contributed by atoms with Crippen LogP contribution >= 0.6 is 0 Å².